The van der Waals surface area contributed by atoms with Gasteiger partial charge in [-0.1, -0.05) is 12.8 Å². The molecule has 3 unspecified atom stereocenters. The third-order valence-corrected chi connectivity index (χ3v) is 4.40. The third kappa shape index (κ3) is 5.54. The maximum Gasteiger partial charge on any atom is 0.416 e. The lowest BCUT2D eigenvalue weighted by molar-refractivity contribution is -0.137. The number of aliphatic imine (C=N–C) groups is 2. The maximum absolute atomic E-state index is 12.6. The van der Waals surface area contributed by atoms with Gasteiger partial charge >= 0.3 is 6.18 Å². The Balaban J connectivity index is 2.18. The van der Waals surface area contributed by atoms with Crippen molar-refractivity contribution in [2.45, 2.75) is 37.9 Å². The number of nitriles is 1. The molecule has 1 amide bonds. The Morgan fingerprint density at radius 3 is 2.41 bits per heavy atom. The Morgan fingerprint density at radius 1 is 1.22 bits per heavy atom. The van der Waals surface area contributed by atoms with Crippen LogP contribution in [0.25, 0.3) is 0 Å². The number of hydrogen-bond donors (Lipinski definition) is 2. The Kier molecular flexibility index (Phi) is 6.55. The number of carbonyl (C=O) groups is 1. The number of amidine groups is 1. The van der Waals surface area contributed by atoms with Gasteiger partial charge in [-0.2, -0.15) is 18.4 Å². The zero-order valence-corrected chi connectivity index (χ0v) is 14.5. The van der Waals surface area contributed by atoms with E-state index < -0.39 is 23.6 Å². The van der Waals surface area contributed by atoms with Crippen LogP contribution in [0.4, 0.5) is 18.9 Å². The standard InChI is InChI=1S/C18H20F3N5O/c19-18(20,21)12-5-7-13(8-6-12)26-16(23)14(17(24)27)10-25-15-4-2-1-3-11(15)9-22/h5-8,10-11,14-15H,1-4H2,(H2,23,26)(H2,24,27). The minimum absolute atomic E-state index is 0.160. The first-order valence-corrected chi connectivity index (χ1v) is 8.46. The SMILES string of the molecule is N#CC1CCCCC1N=CC(C(N)=O)C(N)=Nc1ccc(C(F)(F)F)cc1. The first-order valence-electron chi connectivity index (χ1n) is 8.46. The predicted molar refractivity (Wildman–Crippen MR) is 95.3 cm³/mol. The first-order chi connectivity index (χ1) is 12.7. The molecule has 0 saturated heterocycles. The summed E-state index contributed by atoms with van der Waals surface area (Å²) in [6.07, 6.45) is 0.210. The molecule has 0 bridgehead atoms. The van der Waals surface area contributed by atoms with Crippen molar-refractivity contribution in [1.82, 2.24) is 0 Å². The number of nitrogens with zero attached hydrogens (tertiary/aromatic N) is 3. The molecule has 0 radical (unpaired) electrons. The number of primary amides is 1. The fraction of sp³-hybridized carbons (Fsp3) is 0.444. The molecule has 1 aliphatic carbocycles. The second kappa shape index (κ2) is 8.66. The summed E-state index contributed by atoms with van der Waals surface area (Å²) < 4.78 is 37.8. The van der Waals surface area contributed by atoms with E-state index in [2.05, 4.69) is 16.1 Å². The number of amides is 1. The maximum atomic E-state index is 12.6. The third-order valence-electron chi connectivity index (χ3n) is 4.40. The molecule has 27 heavy (non-hydrogen) atoms. The summed E-state index contributed by atoms with van der Waals surface area (Å²) in [7, 11) is 0. The van der Waals surface area contributed by atoms with Crippen LogP contribution >= 0.6 is 0 Å². The predicted octanol–water partition coefficient (Wildman–Crippen LogP) is 2.95. The summed E-state index contributed by atoms with van der Waals surface area (Å²) in [5.41, 5.74) is 10.5. The van der Waals surface area contributed by atoms with Gasteiger partial charge in [0.05, 0.1) is 29.3 Å². The van der Waals surface area contributed by atoms with Gasteiger partial charge < -0.3 is 11.5 Å². The van der Waals surface area contributed by atoms with Crippen molar-refractivity contribution in [3.8, 4) is 6.07 Å². The molecule has 1 aromatic carbocycles. The Labute approximate surface area is 154 Å². The quantitative estimate of drug-likeness (QED) is 0.605. The van der Waals surface area contributed by atoms with Gasteiger partial charge in [0.15, 0.2) is 0 Å². The largest absolute Gasteiger partial charge is 0.416 e. The van der Waals surface area contributed by atoms with Crippen LogP contribution in [-0.4, -0.2) is 24.0 Å². The summed E-state index contributed by atoms with van der Waals surface area (Å²) in [6, 6.07) is 6.03. The Bertz CT molecular complexity index is 765. The van der Waals surface area contributed by atoms with Crippen molar-refractivity contribution in [3.63, 3.8) is 0 Å². The Hall–Kier alpha value is -2.89. The van der Waals surface area contributed by atoms with Gasteiger partial charge in [-0.25, -0.2) is 4.99 Å². The van der Waals surface area contributed by atoms with Crippen LogP contribution in [0.1, 0.15) is 31.2 Å². The van der Waals surface area contributed by atoms with Crippen molar-refractivity contribution in [2.75, 3.05) is 0 Å². The van der Waals surface area contributed by atoms with Gasteiger partial charge in [0, 0.05) is 6.21 Å². The van der Waals surface area contributed by atoms with E-state index in [1.54, 1.807) is 0 Å². The fourth-order valence-electron chi connectivity index (χ4n) is 2.88. The van der Waals surface area contributed by atoms with Crippen LogP contribution in [0.3, 0.4) is 0 Å². The molecule has 9 heteroatoms. The molecule has 0 aliphatic heterocycles. The molecule has 6 nitrogen and oxygen atoms in total. The van der Waals surface area contributed by atoms with E-state index in [0.29, 0.717) is 0 Å². The fourth-order valence-corrected chi connectivity index (χ4v) is 2.88. The number of hydrogen-bond acceptors (Lipinski definition) is 4. The minimum atomic E-state index is -4.45. The molecule has 1 aromatic rings. The lowest BCUT2D eigenvalue weighted by Gasteiger charge is -2.23. The van der Waals surface area contributed by atoms with E-state index in [9.17, 15) is 23.2 Å². The van der Waals surface area contributed by atoms with Crippen molar-refractivity contribution >= 4 is 23.6 Å². The highest BCUT2D eigenvalue weighted by atomic mass is 19.4. The average molecular weight is 379 g/mol. The smallest absolute Gasteiger partial charge is 0.386 e. The molecule has 0 aromatic heterocycles. The highest BCUT2D eigenvalue weighted by molar-refractivity contribution is 6.14. The van der Waals surface area contributed by atoms with Gasteiger partial charge in [0.25, 0.3) is 0 Å². The van der Waals surface area contributed by atoms with Gasteiger partial charge in [0.2, 0.25) is 5.91 Å². The van der Waals surface area contributed by atoms with E-state index in [1.807, 2.05) is 0 Å². The second-order valence-corrected chi connectivity index (χ2v) is 6.35. The van der Waals surface area contributed by atoms with Crippen molar-refractivity contribution in [1.29, 1.82) is 5.26 Å². The molecule has 1 fully saturated rings. The zero-order chi connectivity index (χ0) is 20.0. The van der Waals surface area contributed by atoms with Gasteiger partial charge in [-0.3, -0.25) is 9.79 Å². The number of nitrogens with two attached hydrogens (primary N) is 2. The molecule has 1 aliphatic rings. The highest BCUT2D eigenvalue weighted by Crippen LogP contribution is 2.30. The van der Waals surface area contributed by atoms with E-state index in [0.717, 1.165) is 49.9 Å². The average Bonchev–Trinajstić information content (AvgIpc) is 2.61. The minimum Gasteiger partial charge on any atom is -0.386 e. The van der Waals surface area contributed by atoms with Crippen LogP contribution in [-0.2, 0) is 11.0 Å². The van der Waals surface area contributed by atoms with E-state index >= 15 is 0 Å². The number of alkyl halides is 3. The topological polar surface area (TPSA) is 118 Å². The van der Waals surface area contributed by atoms with Crippen LogP contribution in [0, 0.1) is 23.2 Å². The lowest BCUT2D eigenvalue weighted by atomic mass is 9.86. The van der Waals surface area contributed by atoms with E-state index in [1.165, 1.54) is 6.21 Å². The van der Waals surface area contributed by atoms with E-state index in [4.69, 9.17) is 11.5 Å². The van der Waals surface area contributed by atoms with E-state index in [-0.39, 0.29) is 23.5 Å². The molecule has 3 atom stereocenters. The molecular formula is C18H20F3N5O. The van der Waals surface area contributed by atoms with Crippen LogP contribution in [0.2, 0.25) is 0 Å². The van der Waals surface area contributed by atoms with Gasteiger partial charge in [-0.15, -0.1) is 0 Å². The first kappa shape index (κ1) is 20.4. The van der Waals surface area contributed by atoms with Crippen molar-refractivity contribution in [3.05, 3.63) is 29.8 Å². The molecule has 0 spiro atoms. The summed E-state index contributed by atoms with van der Waals surface area (Å²) in [6.45, 7) is 0. The summed E-state index contributed by atoms with van der Waals surface area (Å²) in [5.74, 6) is -2.28. The van der Waals surface area contributed by atoms with Crippen molar-refractivity contribution in [2.24, 2.45) is 33.3 Å². The molecule has 1 saturated carbocycles. The molecule has 4 N–H and O–H groups in total. The van der Waals surface area contributed by atoms with Crippen molar-refractivity contribution < 1.29 is 18.0 Å². The van der Waals surface area contributed by atoms with Gasteiger partial charge in [-0.05, 0) is 37.1 Å². The molecule has 144 valence electrons. The molecule has 2 rings (SSSR count). The van der Waals surface area contributed by atoms with Crippen LogP contribution in [0.15, 0.2) is 34.3 Å². The normalized spacial score (nSPS) is 22.4. The summed E-state index contributed by atoms with van der Waals surface area (Å²) >= 11 is 0. The number of rotatable bonds is 5. The molecular weight excluding hydrogens is 359 g/mol. The highest BCUT2D eigenvalue weighted by Gasteiger charge is 2.30. The van der Waals surface area contributed by atoms with Crippen LogP contribution in [0.5, 0.6) is 0 Å². The monoisotopic (exact) mass is 379 g/mol. The molecule has 0 heterocycles. The second-order valence-electron chi connectivity index (χ2n) is 6.35. The number of halogens is 3. The Morgan fingerprint density at radius 2 is 1.85 bits per heavy atom. The summed E-state index contributed by atoms with van der Waals surface area (Å²) in [4.78, 5) is 20.0. The summed E-state index contributed by atoms with van der Waals surface area (Å²) in [5, 5.41) is 9.18. The zero-order valence-electron chi connectivity index (χ0n) is 14.5. The number of benzene rings is 1. The van der Waals surface area contributed by atoms with Gasteiger partial charge in [0.1, 0.15) is 11.8 Å². The lowest BCUT2D eigenvalue weighted by Crippen LogP contribution is -2.37. The van der Waals surface area contributed by atoms with Crippen LogP contribution < -0.4 is 11.5 Å². The number of carbonyl (C=O) groups excluding carboxylic acids is 1.